The van der Waals surface area contributed by atoms with Crippen molar-refractivity contribution in [3.05, 3.63) is 58.6 Å². The second kappa shape index (κ2) is 7.71. The Bertz CT molecular complexity index is 646. The van der Waals surface area contributed by atoms with Gasteiger partial charge in [-0.25, -0.2) is 0 Å². The maximum Gasteiger partial charge on any atom is 0.207 e. The number of halogens is 1. The molecule has 0 heterocycles. The van der Waals surface area contributed by atoms with E-state index in [1.165, 1.54) is 11.1 Å². The van der Waals surface area contributed by atoms with Gasteiger partial charge in [-0.15, -0.1) is 0 Å². The fourth-order valence-electron chi connectivity index (χ4n) is 2.57. The van der Waals surface area contributed by atoms with E-state index >= 15 is 0 Å². The molecule has 0 bridgehead atoms. The van der Waals surface area contributed by atoms with E-state index in [0.717, 1.165) is 24.9 Å². The Kier molecular flexibility index (Phi) is 5.67. The third-order valence-electron chi connectivity index (χ3n) is 3.69. The van der Waals surface area contributed by atoms with Gasteiger partial charge in [0.15, 0.2) is 0 Å². The number of amides is 1. The van der Waals surface area contributed by atoms with Crippen LogP contribution in [0.3, 0.4) is 0 Å². The van der Waals surface area contributed by atoms with E-state index in [4.69, 9.17) is 17.3 Å². The molecule has 116 valence electrons. The quantitative estimate of drug-likeness (QED) is 0.600. The summed E-state index contributed by atoms with van der Waals surface area (Å²) < 4.78 is 0. The third kappa shape index (κ3) is 3.92. The molecule has 22 heavy (non-hydrogen) atoms. The van der Waals surface area contributed by atoms with Crippen LogP contribution in [0, 0.1) is 0 Å². The molecule has 0 aliphatic heterocycles. The average molecular weight is 318 g/mol. The summed E-state index contributed by atoms with van der Waals surface area (Å²) in [4.78, 5) is 10.3. The molecule has 2 aromatic carbocycles. The lowest BCUT2D eigenvalue weighted by molar-refractivity contribution is -0.110. The number of nitrogens with two attached hydrogens (primary N) is 1. The first-order valence-corrected chi connectivity index (χ1v) is 7.53. The Balaban J connectivity index is 0.000000164. The number of hydrogen-bond donors (Lipinski definition) is 3. The van der Waals surface area contributed by atoms with E-state index < -0.39 is 0 Å². The van der Waals surface area contributed by atoms with E-state index in [1.54, 1.807) is 12.1 Å². The molecule has 0 aromatic heterocycles. The van der Waals surface area contributed by atoms with Crippen molar-refractivity contribution in [2.24, 2.45) is 0 Å². The number of carbonyl (C=O) groups is 1. The molecule has 1 aliphatic carbocycles. The van der Waals surface area contributed by atoms with Crippen LogP contribution in [0.4, 0.5) is 11.4 Å². The molecule has 0 radical (unpaired) electrons. The largest absolute Gasteiger partial charge is 0.397 e. The molecule has 5 heteroatoms. The van der Waals surface area contributed by atoms with Crippen LogP contribution in [-0.2, 0) is 11.2 Å². The van der Waals surface area contributed by atoms with E-state index in [2.05, 4.69) is 22.8 Å². The van der Waals surface area contributed by atoms with Gasteiger partial charge in [0.05, 0.1) is 17.4 Å². The predicted molar refractivity (Wildman–Crippen MR) is 92.1 cm³/mol. The number of aryl methyl sites for hydroxylation is 1. The van der Waals surface area contributed by atoms with Gasteiger partial charge in [0, 0.05) is 12.1 Å². The monoisotopic (exact) mass is 317 g/mol. The molecule has 3 rings (SSSR count). The van der Waals surface area contributed by atoms with Crippen LogP contribution < -0.4 is 16.4 Å². The van der Waals surface area contributed by atoms with Gasteiger partial charge in [-0.1, -0.05) is 35.9 Å². The minimum absolute atomic E-state index is 0.249. The van der Waals surface area contributed by atoms with Gasteiger partial charge in [0.2, 0.25) is 6.41 Å². The Morgan fingerprint density at radius 3 is 2.73 bits per heavy atom. The molecular formula is C17H20ClN3O. The minimum atomic E-state index is 0.249. The number of hydrogen-bond acceptors (Lipinski definition) is 3. The van der Waals surface area contributed by atoms with Crippen molar-refractivity contribution in [2.45, 2.75) is 18.9 Å². The summed E-state index contributed by atoms with van der Waals surface area (Å²) >= 11 is 5.67. The summed E-state index contributed by atoms with van der Waals surface area (Å²) in [6, 6.07) is 13.9. The highest BCUT2D eigenvalue weighted by Gasteiger charge is 2.20. The zero-order valence-corrected chi connectivity index (χ0v) is 13.2. The molecular weight excluding hydrogens is 298 g/mol. The highest BCUT2D eigenvalue weighted by molar-refractivity contribution is 6.31. The second-order valence-corrected chi connectivity index (χ2v) is 5.49. The fraction of sp³-hybridized carbons (Fsp3) is 0.235. The van der Waals surface area contributed by atoms with Gasteiger partial charge in [0.1, 0.15) is 0 Å². The normalized spacial score (nSPS) is 15.3. The van der Waals surface area contributed by atoms with Crippen molar-refractivity contribution in [3.63, 3.8) is 0 Å². The van der Waals surface area contributed by atoms with E-state index in [9.17, 15) is 4.79 Å². The lowest BCUT2D eigenvalue weighted by atomic mass is 10.1. The lowest BCUT2D eigenvalue weighted by Crippen LogP contribution is -2.16. The van der Waals surface area contributed by atoms with Crippen LogP contribution in [0.25, 0.3) is 0 Å². The average Bonchev–Trinajstić information content (AvgIpc) is 2.92. The lowest BCUT2D eigenvalue weighted by Gasteiger charge is -2.08. The first-order valence-electron chi connectivity index (χ1n) is 7.16. The van der Waals surface area contributed by atoms with Gasteiger partial charge < -0.3 is 16.4 Å². The van der Waals surface area contributed by atoms with Crippen molar-refractivity contribution in [2.75, 3.05) is 18.1 Å². The second-order valence-electron chi connectivity index (χ2n) is 5.06. The van der Waals surface area contributed by atoms with Crippen LogP contribution in [-0.4, -0.2) is 13.5 Å². The van der Waals surface area contributed by atoms with E-state index in [0.29, 0.717) is 10.7 Å². The number of fused-ring (bicyclic) bond motifs is 1. The Hall–Kier alpha value is -2.20. The summed E-state index contributed by atoms with van der Waals surface area (Å²) in [6.07, 6.45) is 2.91. The molecule has 0 spiro atoms. The molecule has 2 aromatic rings. The first-order chi connectivity index (χ1) is 10.7. The number of rotatable bonds is 3. The summed E-state index contributed by atoms with van der Waals surface area (Å²) in [7, 11) is 1.82. The summed E-state index contributed by atoms with van der Waals surface area (Å²) in [5, 5.41) is 6.42. The zero-order valence-electron chi connectivity index (χ0n) is 12.5. The molecule has 0 saturated heterocycles. The van der Waals surface area contributed by atoms with Gasteiger partial charge in [0.25, 0.3) is 0 Å². The number of nitrogen functional groups attached to an aromatic ring is 1. The van der Waals surface area contributed by atoms with Gasteiger partial charge in [-0.05, 0) is 42.2 Å². The topological polar surface area (TPSA) is 67.1 Å². The molecule has 4 nitrogen and oxygen atoms in total. The first kappa shape index (κ1) is 16.2. The third-order valence-corrected chi connectivity index (χ3v) is 3.92. The summed E-state index contributed by atoms with van der Waals surface area (Å²) in [6.45, 7) is 0. The molecule has 0 fully saturated rings. The molecule has 1 aliphatic rings. The van der Waals surface area contributed by atoms with Crippen molar-refractivity contribution in [3.8, 4) is 0 Å². The number of benzene rings is 2. The van der Waals surface area contributed by atoms with Crippen LogP contribution >= 0.6 is 11.6 Å². The van der Waals surface area contributed by atoms with Crippen molar-refractivity contribution < 1.29 is 4.79 Å². The Labute approximate surface area is 135 Å². The molecule has 1 amide bonds. The molecule has 0 unspecified atom stereocenters. The maximum atomic E-state index is 10.3. The summed E-state index contributed by atoms with van der Waals surface area (Å²) in [5.74, 6) is 0. The zero-order chi connectivity index (χ0) is 15.9. The maximum absolute atomic E-state index is 10.3. The van der Waals surface area contributed by atoms with Crippen LogP contribution in [0.1, 0.15) is 23.6 Å². The van der Waals surface area contributed by atoms with Crippen molar-refractivity contribution in [1.82, 2.24) is 5.32 Å². The van der Waals surface area contributed by atoms with E-state index in [-0.39, 0.29) is 6.04 Å². The van der Waals surface area contributed by atoms with Crippen LogP contribution in [0.15, 0.2) is 42.5 Å². The fourth-order valence-corrected chi connectivity index (χ4v) is 2.75. The molecule has 4 N–H and O–H groups in total. The van der Waals surface area contributed by atoms with E-state index in [1.807, 2.05) is 25.2 Å². The number of nitrogens with one attached hydrogen (secondary N) is 2. The molecule has 0 saturated carbocycles. The highest BCUT2D eigenvalue weighted by atomic mass is 35.5. The Morgan fingerprint density at radius 2 is 2.05 bits per heavy atom. The highest BCUT2D eigenvalue weighted by Crippen LogP contribution is 2.29. The van der Waals surface area contributed by atoms with Crippen molar-refractivity contribution >= 4 is 29.4 Å². The minimum Gasteiger partial charge on any atom is -0.397 e. The number of anilines is 2. The predicted octanol–water partition coefficient (Wildman–Crippen LogP) is 3.38. The van der Waals surface area contributed by atoms with Gasteiger partial charge in [-0.3, -0.25) is 4.79 Å². The van der Waals surface area contributed by atoms with Gasteiger partial charge >= 0.3 is 0 Å². The molecule has 1 atom stereocenters. The van der Waals surface area contributed by atoms with Crippen molar-refractivity contribution in [1.29, 1.82) is 0 Å². The SMILES string of the molecule is CNc1ccc(Cl)cc1N.O=CN[C@H]1CCc2ccccc21. The smallest absolute Gasteiger partial charge is 0.207 e. The summed E-state index contributed by atoms with van der Waals surface area (Å²) in [5.41, 5.74) is 9.82. The standard InChI is InChI=1S/C10H11NO.C7H9ClN2/c12-7-11-10-6-5-8-3-1-2-4-9(8)10;1-10-7-3-2-5(8)4-6(7)9/h1-4,7,10H,5-6H2,(H,11,12);2-4,10H,9H2,1H3/t10-;/m0./s1. The number of carbonyl (C=O) groups excluding carboxylic acids is 1. The van der Waals surface area contributed by atoms with Gasteiger partial charge in [-0.2, -0.15) is 0 Å². The van der Waals surface area contributed by atoms with Crippen LogP contribution in [0.5, 0.6) is 0 Å². The Morgan fingerprint density at radius 1 is 1.27 bits per heavy atom. The van der Waals surface area contributed by atoms with Crippen LogP contribution in [0.2, 0.25) is 5.02 Å².